The minimum Gasteiger partial charge on any atom is -0.376 e. The molecule has 0 aromatic heterocycles. The largest absolute Gasteiger partial charge is 0.376 e. The Bertz CT molecular complexity index is 766. The number of carbonyl (C=O) groups excluding carboxylic acids is 2. The van der Waals surface area contributed by atoms with Crippen molar-refractivity contribution in [1.29, 1.82) is 0 Å². The Hall–Kier alpha value is -2.02. The number of benzene rings is 1. The van der Waals surface area contributed by atoms with Crippen LogP contribution in [0.2, 0.25) is 0 Å². The first-order valence-electron chi connectivity index (χ1n) is 9.51. The number of halogens is 2. The molecule has 2 aliphatic carbocycles. The van der Waals surface area contributed by atoms with Gasteiger partial charge in [-0.1, -0.05) is 12.8 Å². The molecule has 1 heterocycles. The SMILES string of the molecule is COC1(C2(NC(=O)C3CCCC3)CN(C(=O)c3ccc(F)c(F)c3)C2)CC1. The average molecular weight is 378 g/mol. The molecule has 1 aromatic carbocycles. The van der Waals surface area contributed by atoms with Gasteiger partial charge in [-0.15, -0.1) is 0 Å². The zero-order valence-electron chi connectivity index (χ0n) is 15.4. The van der Waals surface area contributed by atoms with Gasteiger partial charge in [0.05, 0.1) is 5.60 Å². The van der Waals surface area contributed by atoms with Gasteiger partial charge < -0.3 is 15.0 Å². The Morgan fingerprint density at radius 3 is 2.37 bits per heavy atom. The molecule has 2 saturated carbocycles. The van der Waals surface area contributed by atoms with Crippen LogP contribution >= 0.6 is 0 Å². The highest BCUT2D eigenvalue weighted by Crippen LogP contribution is 2.52. The van der Waals surface area contributed by atoms with E-state index in [0.717, 1.165) is 50.7 Å². The molecule has 1 aromatic rings. The van der Waals surface area contributed by atoms with Crippen LogP contribution in [0.1, 0.15) is 48.9 Å². The Morgan fingerprint density at radius 1 is 1.15 bits per heavy atom. The number of nitrogens with one attached hydrogen (secondary N) is 1. The van der Waals surface area contributed by atoms with E-state index in [0.29, 0.717) is 13.1 Å². The highest BCUT2D eigenvalue weighted by Gasteiger charge is 2.66. The number of rotatable bonds is 5. The Labute approximate surface area is 157 Å². The molecule has 0 radical (unpaired) electrons. The lowest BCUT2D eigenvalue weighted by molar-refractivity contribution is -0.136. The third-order valence-corrected chi connectivity index (χ3v) is 6.43. The van der Waals surface area contributed by atoms with Gasteiger partial charge in [-0.3, -0.25) is 9.59 Å². The van der Waals surface area contributed by atoms with Gasteiger partial charge >= 0.3 is 0 Å². The lowest BCUT2D eigenvalue weighted by atomic mass is 9.80. The molecule has 1 saturated heterocycles. The molecule has 4 rings (SSSR count). The van der Waals surface area contributed by atoms with E-state index in [1.165, 1.54) is 6.07 Å². The topological polar surface area (TPSA) is 58.6 Å². The maximum Gasteiger partial charge on any atom is 0.254 e. The molecule has 0 spiro atoms. The third-order valence-electron chi connectivity index (χ3n) is 6.43. The Kier molecular flexibility index (Phi) is 4.45. The first kappa shape index (κ1) is 18.3. The Morgan fingerprint density at radius 2 is 1.81 bits per heavy atom. The maximum absolute atomic E-state index is 13.5. The molecular formula is C20H24F2N2O3. The second kappa shape index (κ2) is 6.55. The van der Waals surface area contributed by atoms with Crippen molar-refractivity contribution >= 4 is 11.8 Å². The fraction of sp³-hybridized carbons (Fsp3) is 0.600. The zero-order valence-corrected chi connectivity index (χ0v) is 15.4. The normalized spacial score (nSPS) is 23.0. The van der Waals surface area contributed by atoms with Crippen LogP contribution < -0.4 is 5.32 Å². The Balaban J connectivity index is 1.49. The molecule has 3 fully saturated rings. The van der Waals surface area contributed by atoms with Crippen molar-refractivity contribution < 1.29 is 23.1 Å². The lowest BCUT2D eigenvalue weighted by Gasteiger charge is -2.54. The highest BCUT2D eigenvalue weighted by atomic mass is 19.2. The molecule has 3 aliphatic rings. The summed E-state index contributed by atoms with van der Waals surface area (Å²) < 4.78 is 32.3. The van der Waals surface area contributed by atoms with E-state index in [-0.39, 0.29) is 23.3 Å². The number of ether oxygens (including phenoxy) is 1. The van der Waals surface area contributed by atoms with Crippen LogP contribution in [0.4, 0.5) is 8.78 Å². The summed E-state index contributed by atoms with van der Waals surface area (Å²) in [4.78, 5) is 26.9. The fourth-order valence-corrected chi connectivity index (χ4v) is 4.56. The van der Waals surface area contributed by atoms with Gasteiger partial charge in [-0.2, -0.15) is 0 Å². The summed E-state index contributed by atoms with van der Waals surface area (Å²) in [6.45, 7) is 0.633. The van der Waals surface area contributed by atoms with Crippen LogP contribution in [0.5, 0.6) is 0 Å². The molecule has 27 heavy (non-hydrogen) atoms. The van der Waals surface area contributed by atoms with Gasteiger partial charge in [-0.05, 0) is 43.9 Å². The quantitative estimate of drug-likeness (QED) is 0.857. The lowest BCUT2D eigenvalue weighted by Crippen LogP contribution is -2.78. The molecule has 5 nitrogen and oxygen atoms in total. The van der Waals surface area contributed by atoms with E-state index in [9.17, 15) is 18.4 Å². The summed E-state index contributed by atoms with van der Waals surface area (Å²) in [6.07, 6.45) is 5.62. The summed E-state index contributed by atoms with van der Waals surface area (Å²) >= 11 is 0. The van der Waals surface area contributed by atoms with E-state index in [1.54, 1.807) is 12.0 Å². The molecule has 0 atom stereocenters. The zero-order chi connectivity index (χ0) is 19.2. The van der Waals surface area contributed by atoms with E-state index in [4.69, 9.17) is 4.74 Å². The van der Waals surface area contributed by atoms with Gasteiger partial charge in [0, 0.05) is 31.7 Å². The number of nitrogens with zero attached hydrogens (tertiary/aromatic N) is 1. The number of methoxy groups -OCH3 is 1. The fourth-order valence-electron chi connectivity index (χ4n) is 4.56. The smallest absolute Gasteiger partial charge is 0.254 e. The van der Waals surface area contributed by atoms with Gasteiger partial charge in [0.25, 0.3) is 5.91 Å². The van der Waals surface area contributed by atoms with Crippen LogP contribution in [0.25, 0.3) is 0 Å². The molecule has 7 heteroatoms. The summed E-state index contributed by atoms with van der Waals surface area (Å²) in [5, 5.41) is 3.19. The van der Waals surface area contributed by atoms with Crippen LogP contribution in [0.3, 0.4) is 0 Å². The molecule has 0 bridgehead atoms. The predicted molar refractivity (Wildman–Crippen MR) is 94.1 cm³/mol. The highest BCUT2D eigenvalue weighted by molar-refractivity contribution is 5.95. The van der Waals surface area contributed by atoms with Gasteiger partial charge in [0.15, 0.2) is 11.6 Å². The van der Waals surface area contributed by atoms with Crippen LogP contribution in [0, 0.1) is 17.6 Å². The number of hydrogen-bond acceptors (Lipinski definition) is 3. The molecule has 1 aliphatic heterocycles. The number of carbonyl (C=O) groups is 2. The molecule has 2 amide bonds. The monoisotopic (exact) mass is 378 g/mol. The molecule has 0 unspecified atom stereocenters. The minimum atomic E-state index is -1.04. The van der Waals surface area contributed by atoms with Crippen LogP contribution in [-0.2, 0) is 9.53 Å². The molecular weight excluding hydrogens is 354 g/mol. The van der Waals surface area contributed by atoms with Crippen molar-refractivity contribution in [3.05, 3.63) is 35.4 Å². The van der Waals surface area contributed by atoms with Crippen molar-refractivity contribution in [2.75, 3.05) is 20.2 Å². The third kappa shape index (κ3) is 3.02. The van der Waals surface area contributed by atoms with E-state index >= 15 is 0 Å². The molecule has 1 N–H and O–H groups in total. The number of amides is 2. The van der Waals surface area contributed by atoms with Crippen LogP contribution in [-0.4, -0.2) is 48.1 Å². The summed E-state index contributed by atoms with van der Waals surface area (Å²) in [5.74, 6) is -2.32. The minimum absolute atomic E-state index is 0.0328. The van der Waals surface area contributed by atoms with Gasteiger partial charge in [0.2, 0.25) is 5.91 Å². The van der Waals surface area contributed by atoms with E-state index in [1.807, 2.05) is 0 Å². The summed E-state index contributed by atoms with van der Waals surface area (Å²) in [6, 6.07) is 3.15. The first-order valence-corrected chi connectivity index (χ1v) is 9.51. The van der Waals surface area contributed by atoms with Crippen LogP contribution in [0.15, 0.2) is 18.2 Å². The van der Waals surface area contributed by atoms with Crippen molar-refractivity contribution in [3.63, 3.8) is 0 Å². The summed E-state index contributed by atoms with van der Waals surface area (Å²) in [5.41, 5.74) is -0.936. The van der Waals surface area contributed by atoms with Crippen molar-refractivity contribution in [1.82, 2.24) is 10.2 Å². The maximum atomic E-state index is 13.5. The molecule has 146 valence electrons. The van der Waals surface area contributed by atoms with Crippen molar-refractivity contribution in [2.45, 2.75) is 49.7 Å². The average Bonchev–Trinajstić information content (AvgIpc) is 3.23. The number of likely N-dealkylation sites (tertiary alicyclic amines) is 1. The van der Waals surface area contributed by atoms with Crippen molar-refractivity contribution in [2.24, 2.45) is 5.92 Å². The van der Waals surface area contributed by atoms with Gasteiger partial charge in [-0.25, -0.2) is 8.78 Å². The van der Waals surface area contributed by atoms with Crippen molar-refractivity contribution in [3.8, 4) is 0 Å². The first-order chi connectivity index (χ1) is 12.9. The van der Waals surface area contributed by atoms with E-state index in [2.05, 4.69) is 5.32 Å². The second-order valence-corrected chi connectivity index (χ2v) is 8.04. The van der Waals surface area contributed by atoms with Gasteiger partial charge in [0.1, 0.15) is 5.54 Å². The standard InChI is InChI=1S/C20H24F2N2O3/c1-27-20(8-9-20)19(23-17(25)13-4-2-3-5-13)11-24(12-19)18(26)14-6-7-15(21)16(22)10-14/h6-7,10,13H,2-5,8-9,11-12H2,1H3,(H,23,25). The summed E-state index contributed by atoms with van der Waals surface area (Å²) in [7, 11) is 1.64. The van der Waals surface area contributed by atoms with E-state index < -0.39 is 22.8 Å². The predicted octanol–water partition coefficient (Wildman–Crippen LogP) is 2.64. The number of hydrogen-bond donors (Lipinski definition) is 1. The second-order valence-electron chi connectivity index (χ2n) is 8.04.